The van der Waals surface area contributed by atoms with Crippen LogP contribution >= 0.6 is 0 Å². The molecule has 0 unspecified atom stereocenters. The largest absolute Gasteiger partial charge is 0.508 e. The molecule has 140 valence electrons. The Morgan fingerprint density at radius 3 is 2.18 bits per heavy atom. The molecule has 0 aliphatic heterocycles. The van der Waals surface area contributed by atoms with Gasteiger partial charge < -0.3 is 20.8 Å². The van der Waals surface area contributed by atoms with E-state index >= 15 is 0 Å². The average Bonchev–Trinajstić information content (AvgIpc) is 2.69. The summed E-state index contributed by atoms with van der Waals surface area (Å²) in [6.45, 7) is 0. The first-order chi connectivity index (χ1) is 13.5. The number of carbonyl (C=O) groups excluding carboxylic acids is 2. The first kappa shape index (κ1) is 18.7. The Hall–Kier alpha value is -4.06. The van der Waals surface area contributed by atoms with Crippen molar-refractivity contribution < 1.29 is 19.8 Å². The monoisotopic (exact) mass is 374 g/mol. The van der Waals surface area contributed by atoms with Crippen LogP contribution < -0.4 is 10.6 Å². The number of anilines is 1. The van der Waals surface area contributed by atoms with Crippen molar-refractivity contribution in [2.45, 2.75) is 0 Å². The number of carbonyl (C=O) groups is 2. The number of rotatable bonds is 5. The van der Waals surface area contributed by atoms with Gasteiger partial charge in [0.05, 0.1) is 0 Å². The smallest absolute Gasteiger partial charge is 0.272 e. The average molecular weight is 374 g/mol. The van der Waals surface area contributed by atoms with Gasteiger partial charge in [-0.15, -0.1) is 0 Å². The summed E-state index contributed by atoms with van der Waals surface area (Å²) in [6, 6.07) is 20.8. The van der Waals surface area contributed by atoms with E-state index in [1.54, 1.807) is 54.6 Å². The van der Waals surface area contributed by atoms with Gasteiger partial charge in [0.25, 0.3) is 11.8 Å². The molecule has 6 nitrogen and oxygen atoms in total. The standard InChI is InChI=1S/C22H18N2O4/c25-18-11-9-15(10-12-18)13-20(24-21(27)16-5-2-1-3-6-16)22(28)23-17-7-4-8-19(26)14-17/h1-14,25-26H,(H,23,28)(H,24,27)/b20-13-. The Kier molecular flexibility index (Phi) is 5.72. The van der Waals surface area contributed by atoms with Gasteiger partial charge >= 0.3 is 0 Å². The summed E-state index contributed by atoms with van der Waals surface area (Å²) in [5.41, 5.74) is 1.43. The second-order valence-electron chi connectivity index (χ2n) is 5.97. The number of phenolic OH excluding ortho intramolecular Hbond substituents is 2. The Balaban J connectivity index is 1.88. The van der Waals surface area contributed by atoms with Gasteiger partial charge in [-0.05, 0) is 48.0 Å². The van der Waals surface area contributed by atoms with E-state index in [0.29, 0.717) is 16.8 Å². The van der Waals surface area contributed by atoms with E-state index in [-0.39, 0.29) is 17.2 Å². The van der Waals surface area contributed by atoms with Crippen LogP contribution in [0.15, 0.2) is 84.6 Å². The van der Waals surface area contributed by atoms with Crippen molar-refractivity contribution in [1.82, 2.24) is 5.32 Å². The Morgan fingerprint density at radius 1 is 0.786 bits per heavy atom. The van der Waals surface area contributed by atoms with Crippen LogP contribution in [0.5, 0.6) is 11.5 Å². The second kappa shape index (κ2) is 8.55. The third-order valence-corrected chi connectivity index (χ3v) is 3.84. The van der Waals surface area contributed by atoms with Crippen molar-refractivity contribution in [2.24, 2.45) is 0 Å². The molecule has 0 saturated heterocycles. The zero-order valence-corrected chi connectivity index (χ0v) is 14.8. The lowest BCUT2D eigenvalue weighted by Crippen LogP contribution is -2.30. The van der Waals surface area contributed by atoms with Crippen molar-refractivity contribution in [3.63, 3.8) is 0 Å². The number of hydrogen-bond acceptors (Lipinski definition) is 4. The molecule has 6 heteroatoms. The maximum Gasteiger partial charge on any atom is 0.272 e. The van der Waals surface area contributed by atoms with Crippen LogP contribution in [0.2, 0.25) is 0 Å². The van der Waals surface area contributed by atoms with E-state index in [0.717, 1.165) is 0 Å². The number of nitrogens with one attached hydrogen (secondary N) is 2. The first-order valence-electron chi connectivity index (χ1n) is 8.49. The molecule has 3 rings (SSSR count). The summed E-state index contributed by atoms with van der Waals surface area (Å²) in [7, 11) is 0. The summed E-state index contributed by atoms with van der Waals surface area (Å²) in [5.74, 6) is -0.883. The molecule has 2 amide bonds. The maximum atomic E-state index is 12.7. The van der Waals surface area contributed by atoms with Crippen LogP contribution in [-0.2, 0) is 4.79 Å². The van der Waals surface area contributed by atoms with Gasteiger partial charge in [-0.2, -0.15) is 0 Å². The summed E-state index contributed by atoms with van der Waals surface area (Å²) in [6.07, 6.45) is 1.50. The summed E-state index contributed by atoms with van der Waals surface area (Å²) < 4.78 is 0. The van der Waals surface area contributed by atoms with Crippen molar-refractivity contribution >= 4 is 23.6 Å². The van der Waals surface area contributed by atoms with Crippen LogP contribution in [0.25, 0.3) is 6.08 Å². The van der Waals surface area contributed by atoms with E-state index in [4.69, 9.17) is 0 Å². The number of hydrogen-bond donors (Lipinski definition) is 4. The first-order valence-corrected chi connectivity index (χ1v) is 8.49. The van der Waals surface area contributed by atoms with E-state index in [9.17, 15) is 19.8 Å². The fourth-order valence-electron chi connectivity index (χ4n) is 2.46. The Bertz CT molecular complexity index is 1010. The number of benzene rings is 3. The highest BCUT2D eigenvalue weighted by Gasteiger charge is 2.15. The van der Waals surface area contributed by atoms with Gasteiger partial charge in [-0.25, -0.2) is 0 Å². The Morgan fingerprint density at radius 2 is 1.50 bits per heavy atom. The van der Waals surface area contributed by atoms with Crippen molar-refractivity contribution in [2.75, 3.05) is 5.32 Å². The van der Waals surface area contributed by atoms with E-state index in [2.05, 4.69) is 10.6 Å². The van der Waals surface area contributed by atoms with Gasteiger partial charge in [0.15, 0.2) is 0 Å². The highest BCUT2D eigenvalue weighted by Crippen LogP contribution is 2.17. The lowest BCUT2D eigenvalue weighted by molar-refractivity contribution is -0.113. The second-order valence-corrected chi connectivity index (χ2v) is 5.97. The maximum absolute atomic E-state index is 12.7. The fraction of sp³-hybridized carbons (Fsp3) is 0. The van der Waals surface area contributed by atoms with Crippen LogP contribution in [0.1, 0.15) is 15.9 Å². The van der Waals surface area contributed by atoms with E-state index < -0.39 is 11.8 Å². The molecule has 0 saturated carbocycles. The summed E-state index contributed by atoms with van der Waals surface area (Å²) >= 11 is 0. The highest BCUT2D eigenvalue weighted by molar-refractivity contribution is 6.10. The molecule has 28 heavy (non-hydrogen) atoms. The topological polar surface area (TPSA) is 98.7 Å². The minimum atomic E-state index is -0.553. The molecule has 0 atom stereocenters. The van der Waals surface area contributed by atoms with Crippen molar-refractivity contribution in [1.29, 1.82) is 0 Å². The van der Waals surface area contributed by atoms with E-state index in [1.807, 2.05) is 0 Å². The Labute approximate surface area is 161 Å². The minimum Gasteiger partial charge on any atom is -0.508 e. The third kappa shape index (κ3) is 4.98. The SMILES string of the molecule is O=C(Nc1cccc(O)c1)/C(=C/c1ccc(O)cc1)NC(=O)c1ccccc1. The quantitative estimate of drug-likeness (QED) is 0.514. The molecule has 0 aliphatic carbocycles. The predicted molar refractivity (Wildman–Crippen MR) is 107 cm³/mol. The number of aromatic hydroxyl groups is 2. The molecule has 0 aliphatic rings. The van der Waals surface area contributed by atoms with Crippen molar-refractivity contribution in [3.8, 4) is 11.5 Å². The summed E-state index contributed by atoms with van der Waals surface area (Å²) in [4.78, 5) is 25.2. The molecule has 3 aromatic rings. The molecule has 0 spiro atoms. The fourth-order valence-corrected chi connectivity index (χ4v) is 2.46. The van der Waals surface area contributed by atoms with Crippen molar-refractivity contribution in [3.05, 3.63) is 95.7 Å². The number of phenols is 2. The van der Waals surface area contributed by atoms with Gasteiger partial charge in [0.2, 0.25) is 0 Å². The summed E-state index contributed by atoms with van der Waals surface area (Å²) in [5, 5.41) is 24.2. The molecule has 0 radical (unpaired) electrons. The van der Waals surface area contributed by atoms with Crippen LogP contribution in [0.4, 0.5) is 5.69 Å². The van der Waals surface area contributed by atoms with E-state index in [1.165, 1.54) is 30.3 Å². The molecule has 0 fully saturated rings. The number of amides is 2. The highest BCUT2D eigenvalue weighted by atomic mass is 16.3. The van der Waals surface area contributed by atoms with Gasteiger partial charge in [-0.3, -0.25) is 9.59 Å². The lowest BCUT2D eigenvalue weighted by Gasteiger charge is -2.11. The minimum absolute atomic E-state index is 0.00943. The van der Waals surface area contributed by atoms with Gasteiger partial charge in [0, 0.05) is 17.3 Å². The molecule has 3 aromatic carbocycles. The molecule has 0 bridgehead atoms. The molecule has 0 aromatic heterocycles. The van der Waals surface area contributed by atoms with Crippen LogP contribution in [0.3, 0.4) is 0 Å². The van der Waals surface area contributed by atoms with Gasteiger partial charge in [0.1, 0.15) is 17.2 Å². The van der Waals surface area contributed by atoms with Crippen LogP contribution in [0, 0.1) is 0 Å². The predicted octanol–water partition coefficient (Wildman–Crippen LogP) is 3.51. The third-order valence-electron chi connectivity index (χ3n) is 3.84. The van der Waals surface area contributed by atoms with Gasteiger partial charge in [-0.1, -0.05) is 36.4 Å². The molecule has 0 heterocycles. The zero-order chi connectivity index (χ0) is 19.9. The molecular formula is C22H18N2O4. The van der Waals surface area contributed by atoms with Crippen LogP contribution in [-0.4, -0.2) is 22.0 Å². The molecule has 4 N–H and O–H groups in total. The molecular weight excluding hydrogens is 356 g/mol. The normalized spacial score (nSPS) is 10.9. The zero-order valence-electron chi connectivity index (χ0n) is 14.8. The lowest BCUT2D eigenvalue weighted by atomic mass is 10.1.